The third kappa shape index (κ3) is 27.3. The first-order chi connectivity index (χ1) is 4.83. The molecule has 0 aromatic heterocycles. The standard InChI is InChI=1S/C5H8O.C4H8/c1-2-3-4-5-6;1-3-4-2/h3-5H,2H2,1H3;3H,1,4H2,2H3/b4-3+;. The molecule has 0 aliphatic rings. The second-order valence-electron chi connectivity index (χ2n) is 1.67. The predicted molar refractivity (Wildman–Crippen MR) is 46.0 cm³/mol. The number of aldehydes is 1. The Kier molecular flexibility index (Phi) is 18.7. The minimum atomic E-state index is 0.781. The molecule has 58 valence electrons. The molecule has 1 nitrogen and oxygen atoms in total. The van der Waals surface area contributed by atoms with E-state index >= 15 is 0 Å². The highest BCUT2D eigenvalue weighted by Gasteiger charge is 1.58. The Bertz CT molecular complexity index is 92.9. The maximum absolute atomic E-state index is 9.48. The minimum Gasteiger partial charge on any atom is -0.299 e. The summed E-state index contributed by atoms with van der Waals surface area (Å²) in [6, 6.07) is 0. The lowest BCUT2D eigenvalue weighted by molar-refractivity contribution is -0.104. The van der Waals surface area contributed by atoms with Crippen molar-refractivity contribution in [3.63, 3.8) is 0 Å². The van der Waals surface area contributed by atoms with Gasteiger partial charge in [-0.25, -0.2) is 0 Å². The van der Waals surface area contributed by atoms with Crippen molar-refractivity contribution >= 4 is 6.29 Å². The molecule has 0 bridgehead atoms. The fraction of sp³-hybridized carbons (Fsp3) is 0.444. The molecular weight excluding hydrogens is 124 g/mol. The molecule has 0 aliphatic carbocycles. The van der Waals surface area contributed by atoms with Crippen LogP contribution in [0.25, 0.3) is 0 Å². The van der Waals surface area contributed by atoms with E-state index in [1.165, 1.54) is 6.08 Å². The van der Waals surface area contributed by atoms with Crippen LogP contribution >= 0.6 is 0 Å². The number of allylic oxidation sites excluding steroid dienone is 3. The lowest BCUT2D eigenvalue weighted by Crippen LogP contribution is -1.55. The minimum absolute atomic E-state index is 0.781. The molecular formula is C9H16O. The van der Waals surface area contributed by atoms with Gasteiger partial charge in [-0.1, -0.05) is 26.0 Å². The molecule has 0 radical (unpaired) electrons. The van der Waals surface area contributed by atoms with Gasteiger partial charge in [0.2, 0.25) is 0 Å². The molecule has 1 heteroatoms. The van der Waals surface area contributed by atoms with Gasteiger partial charge in [0.25, 0.3) is 0 Å². The fourth-order valence-electron chi connectivity index (χ4n) is 0.192. The monoisotopic (exact) mass is 140 g/mol. The molecule has 10 heavy (non-hydrogen) atoms. The molecule has 0 saturated heterocycles. The van der Waals surface area contributed by atoms with Crippen LogP contribution in [0, 0.1) is 0 Å². The van der Waals surface area contributed by atoms with Gasteiger partial charge < -0.3 is 0 Å². The number of hydrogen-bond acceptors (Lipinski definition) is 1. The fourth-order valence-corrected chi connectivity index (χ4v) is 0.192. The second-order valence-corrected chi connectivity index (χ2v) is 1.67. The summed E-state index contributed by atoms with van der Waals surface area (Å²) in [5.74, 6) is 0. The van der Waals surface area contributed by atoms with Crippen LogP contribution in [0.4, 0.5) is 0 Å². The van der Waals surface area contributed by atoms with Crippen molar-refractivity contribution in [1.82, 2.24) is 0 Å². The van der Waals surface area contributed by atoms with Crippen LogP contribution in [0.15, 0.2) is 24.8 Å². The summed E-state index contributed by atoms with van der Waals surface area (Å²) in [4.78, 5) is 9.48. The normalized spacial score (nSPS) is 8.20. The number of carbonyl (C=O) groups excluding carboxylic acids is 1. The quantitative estimate of drug-likeness (QED) is 0.334. The highest BCUT2D eigenvalue weighted by molar-refractivity contribution is 5.64. The molecule has 0 amide bonds. The van der Waals surface area contributed by atoms with E-state index < -0.39 is 0 Å². The van der Waals surface area contributed by atoms with Crippen LogP contribution in [0.2, 0.25) is 0 Å². The predicted octanol–water partition coefficient (Wildman–Crippen LogP) is 2.73. The molecule has 0 aromatic carbocycles. The van der Waals surface area contributed by atoms with Crippen molar-refractivity contribution < 1.29 is 4.79 Å². The van der Waals surface area contributed by atoms with Crippen LogP contribution < -0.4 is 0 Å². The van der Waals surface area contributed by atoms with Crippen LogP contribution in [-0.2, 0) is 4.79 Å². The summed E-state index contributed by atoms with van der Waals surface area (Å²) in [5, 5.41) is 0. The number of carbonyl (C=O) groups is 1. The molecule has 0 N–H and O–H groups in total. The molecule has 0 fully saturated rings. The Morgan fingerprint density at radius 1 is 1.30 bits per heavy atom. The lowest BCUT2D eigenvalue weighted by Gasteiger charge is -1.65. The Labute approximate surface area is 63.4 Å². The smallest absolute Gasteiger partial charge is 0.142 e. The summed E-state index contributed by atoms with van der Waals surface area (Å²) in [6.45, 7) is 7.53. The van der Waals surface area contributed by atoms with Crippen molar-refractivity contribution in [2.24, 2.45) is 0 Å². The molecule has 0 rings (SSSR count). The average Bonchev–Trinajstić information content (AvgIpc) is 2.01. The first-order valence-corrected chi connectivity index (χ1v) is 3.54. The summed E-state index contributed by atoms with van der Waals surface area (Å²) in [5.41, 5.74) is 0. The van der Waals surface area contributed by atoms with Crippen molar-refractivity contribution in [3.8, 4) is 0 Å². The SMILES string of the molecule is C=CCC.CC/C=C/C=O. The summed E-state index contributed by atoms with van der Waals surface area (Å²) in [6.07, 6.45) is 8.00. The maximum atomic E-state index is 9.48. The zero-order chi connectivity index (χ0) is 8.24. The van der Waals surface area contributed by atoms with Crippen molar-refractivity contribution in [2.75, 3.05) is 0 Å². The summed E-state index contributed by atoms with van der Waals surface area (Å²) in [7, 11) is 0. The molecule has 0 aromatic rings. The highest BCUT2D eigenvalue weighted by atomic mass is 16.1. The van der Waals surface area contributed by atoms with E-state index in [4.69, 9.17) is 0 Å². The van der Waals surface area contributed by atoms with E-state index in [0.717, 1.165) is 19.1 Å². The molecule has 0 saturated carbocycles. The Hall–Kier alpha value is -0.850. The van der Waals surface area contributed by atoms with E-state index in [1.807, 2.05) is 19.1 Å². The lowest BCUT2D eigenvalue weighted by atomic mass is 10.4. The van der Waals surface area contributed by atoms with Gasteiger partial charge in [-0.05, 0) is 18.9 Å². The van der Waals surface area contributed by atoms with Gasteiger partial charge in [-0.15, -0.1) is 6.58 Å². The first kappa shape index (κ1) is 11.9. The first-order valence-electron chi connectivity index (χ1n) is 3.54. The molecule has 0 unspecified atom stereocenters. The second kappa shape index (κ2) is 15.7. The maximum Gasteiger partial charge on any atom is 0.142 e. The van der Waals surface area contributed by atoms with Crippen LogP contribution in [-0.4, -0.2) is 6.29 Å². The number of rotatable bonds is 3. The van der Waals surface area contributed by atoms with E-state index in [0.29, 0.717) is 0 Å². The van der Waals surface area contributed by atoms with Crippen molar-refractivity contribution in [1.29, 1.82) is 0 Å². The average molecular weight is 140 g/mol. The molecule has 0 atom stereocenters. The van der Waals surface area contributed by atoms with Gasteiger partial charge in [0.05, 0.1) is 0 Å². The van der Waals surface area contributed by atoms with Gasteiger partial charge >= 0.3 is 0 Å². The third-order valence-corrected chi connectivity index (χ3v) is 0.739. The molecule has 0 heterocycles. The largest absolute Gasteiger partial charge is 0.299 e. The van der Waals surface area contributed by atoms with E-state index in [1.54, 1.807) is 0 Å². The van der Waals surface area contributed by atoms with E-state index in [-0.39, 0.29) is 0 Å². The zero-order valence-corrected chi connectivity index (χ0v) is 6.84. The van der Waals surface area contributed by atoms with Gasteiger partial charge in [-0.3, -0.25) is 4.79 Å². The van der Waals surface area contributed by atoms with Crippen LogP contribution in [0.1, 0.15) is 26.7 Å². The van der Waals surface area contributed by atoms with Gasteiger partial charge in [0, 0.05) is 0 Å². The van der Waals surface area contributed by atoms with Gasteiger partial charge in [0.15, 0.2) is 0 Å². The van der Waals surface area contributed by atoms with E-state index in [9.17, 15) is 4.79 Å². The molecule has 0 aliphatic heterocycles. The summed E-state index contributed by atoms with van der Waals surface area (Å²) < 4.78 is 0. The number of hydrogen-bond donors (Lipinski definition) is 0. The van der Waals surface area contributed by atoms with Crippen LogP contribution in [0.5, 0.6) is 0 Å². The van der Waals surface area contributed by atoms with E-state index in [2.05, 4.69) is 13.5 Å². The summed E-state index contributed by atoms with van der Waals surface area (Å²) >= 11 is 0. The van der Waals surface area contributed by atoms with Gasteiger partial charge in [0.1, 0.15) is 6.29 Å². The Balaban J connectivity index is 0. The highest BCUT2D eigenvalue weighted by Crippen LogP contribution is 1.72. The third-order valence-electron chi connectivity index (χ3n) is 0.739. The zero-order valence-electron chi connectivity index (χ0n) is 6.84. The van der Waals surface area contributed by atoms with Crippen molar-refractivity contribution in [2.45, 2.75) is 26.7 Å². The van der Waals surface area contributed by atoms with Crippen LogP contribution in [0.3, 0.4) is 0 Å². The van der Waals surface area contributed by atoms with Gasteiger partial charge in [-0.2, -0.15) is 0 Å². The topological polar surface area (TPSA) is 17.1 Å². The molecule has 0 spiro atoms. The Morgan fingerprint density at radius 3 is 1.90 bits per heavy atom. The Morgan fingerprint density at radius 2 is 1.80 bits per heavy atom. The van der Waals surface area contributed by atoms with Crippen molar-refractivity contribution in [3.05, 3.63) is 24.8 Å².